The van der Waals surface area contributed by atoms with Crippen molar-refractivity contribution in [1.29, 1.82) is 0 Å². The van der Waals surface area contributed by atoms with Gasteiger partial charge in [-0.15, -0.1) is 0 Å². The molecule has 3 rings (SSSR count). The maximum atomic E-state index is 11.4. The van der Waals surface area contributed by atoms with Gasteiger partial charge < -0.3 is 9.64 Å². The molecule has 1 aromatic heterocycles. The van der Waals surface area contributed by atoms with Crippen molar-refractivity contribution in [2.24, 2.45) is 0 Å². The van der Waals surface area contributed by atoms with Gasteiger partial charge in [-0.1, -0.05) is 0 Å². The van der Waals surface area contributed by atoms with Gasteiger partial charge in [-0.05, 0) is 25.3 Å². The Morgan fingerprint density at radius 1 is 1.32 bits per heavy atom. The number of nitrogens with zero attached hydrogens (tertiary/aromatic N) is 4. The predicted molar refractivity (Wildman–Crippen MR) is 84.3 cm³/mol. The third-order valence-electron chi connectivity index (χ3n) is 4.07. The van der Waals surface area contributed by atoms with E-state index in [4.69, 9.17) is 4.74 Å². The minimum Gasteiger partial charge on any atom is -0.383 e. The number of ether oxygens (including phenoxy) is 1. The molecular formula is C15H20N4O3. The van der Waals surface area contributed by atoms with Crippen LogP contribution in [0.5, 0.6) is 0 Å². The summed E-state index contributed by atoms with van der Waals surface area (Å²) in [5, 5.41) is 16.7. The van der Waals surface area contributed by atoms with Gasteiger partial charge in [0, 0.05) is 37.8 Å². The lowest BCUT2D eigenvalue weighted by atomic mass is 10.1. The van der Waals surface area contributed by atoms with Crippen molar-refractivity contribution in [2.45, 2.75) is 25.8 Å². The van der Waals surface area contributed by atoms with E-state index in [1.807, 2.05) is 12.3 Å². The minimum absolute atomic E-state index is 0.167. The number of nitro benzene ring substituents is 1. The van der Waals surface area contributed by atoms with Crippen molar-refractivity contribution in [3.05, 3.63) is 28.4 Å². The van der Waals surface area contributed by atoms with Crippen molar-refractivity contribution in [3.8, 4) is 0 Å². The molecule has 0 N–H and O–H groups in total. The predicted octanol–water partition coefficient (Wildman–Crippen LogP) is 2.58. The number of rotatable bonds is 5. The van der Waals surface area contributed by atoms with Crippen LogP contribution in [-0.4, -0.2) is 41.5 Å². The molecule has 0 atom stereocenters. The van der Waals surface area contributed by atoms with Crippen molar-refractivity contribution >= 4 is 22.3 Å². The highest BCUT2D eigenvalue weighted by Gasteiger charge is 2.23. The van der Waals surface area contributed by atoms with Crippen LogP contribution >= 0.6 is 0 Å². The normalized spacial score (nSPS) is 15.4. The average molecular weight is 304 g/mol. The van der Waals surface area contributed by atoms with Crippen LogP contribution in [-0.2, 0) is 11.3 Å². The van der Waals surface area contributed by atoms with Crippen molar-refractivity contribution < 1.29 is 9.66 Å². The molecule has 1 saturated heterocycles. The molecule has 1 aliphatic heterocycles. The molecule has 0 aliphatic carbocycles. The highest BCUT2D eigenvalue weighted by molar-refractivity contribution is 5.87. The summed E-state index contributed by atoms with van der Waals surface area (Å²) in [6.45, 7) is 2.94. The number of hydrogen-bond donors (Lipinski definition) is 0. The van der Waals surface area contributed by atoms with E-state index in [9.17, 15) is 10.1 Å². The molecule has 0 spiro atoms. The number of benzene rings is 1. The number of piperidine rings is 1. The first-order valence-electron chi connectivity index (χ1n) is 7.58. The van der Waals surface area contributed by atoms with Gasteiger partial charge in [0.2, 0.25) is 0 Å². The second-order valence-corrected chi connectivity index (χ2v) is 5.59. The molecule has 1 aromatic carbocycles. The van der Waals surface area contributed by atoms with Crippen LogP contribution in [0.3, 0.4) is 0 Å². The van der Waals surface area contributed by atoms with Crippen LogP contribution in [0.2, 0.25) is 0 Å². The number of aromatic nitrogens is 2. The average Bonchev–Trinajstić information content (AvgIpc) is 2.94. The zero-order valence-electron chi connectivity index (χ0n) is 12.7. The molecule has 0 bridgehead atoms. The number of anilines is 1. The Bertz CT molecular complexity index is 677. The molecule has 0 unspecified atom stereocenters. The van der Waals surface area contributed by atoms with Crippen LogP contribution < -0.4 is 4.90 Å². The van der Waals surface area contributed by atoms with E-state index in [1.54, 1.807) is 17.9 Å². The molecule has 1 fully saturated rings. The summed E-state index contributed by atoms with van der Waals surface area (Å²) in [5.41, 5.74) is 1.65. The Kier molecular flexibility index (Phi) is 4.24. The van der Waals surface area contributed by atoms with Crippen LogP contribution in [0.1, 0.15) is 19.3 Å². The first-order valence-corrected chi connectivity index (χ1v) is 7.58. The lowest BCUT2D eigenvalue weighted by molar-refractivity contribution is -0.384. The molecule has 2 heterocycles. The second-order valence-electron chi connectivity index (χ2n) is 5.59. The van der Waals surface area contributed by atoms with Crippen molar-refractivity contribution in [3.63, 3.8) is 0 Å². The van der Waals surface area contributed by atoms with Gasteiger partial charge >= 0.3 is 0 Å². The second kappa shape index (κ2) is 6.31. The van der Waals surface area contributed by atoms with Gasteiger partial charge in [-0.25, -0.2) is 0 Å². The maximum Gasteiger partial charge on any atom is 0.293 e. The lowest BCUT2D eigenvalue weighted by Gasteiger charge is -2.28. The Hall–Kier alpha value is -2.15. The Balaban J connectivity index is 2.01. The lowest BCUT2D eigenvalue weighted by Crippen LogP contribution is -2.29. The standard InChI is InChI=1S/C15H20N4O3/c1-22-8-7-18-11-12-9-15(19(20)21)14(10-13(12)16-18)17-5-3-2-4-6-17/h9-11H,2-8H2,1H3. The smallest absolute Gasteiger partial charge is 0.293 e. The van der Waals surface area contributed by atoms with Gasteiger partial charge in [0.1, 0.15) is 5.69 Å². The van der Waals surface area contributed by atoms with Gasteiger partial charge in [0.25, 0.3) is 5.69 Å². The largest absolute Gasteiger partial charge is 0.383 e. The van der Waals surface area contributed by atoms with E-state index in [0.29, 0.717) is 18.8 Å². The van der Waals surface area contributed by atoms with E-state index in [0.717, 1.165) is 36.8 Å². The maximum absolute atomic E-state index is 11.4. The number of hydrogen-bond acceptors (Lipinski definition) is 5. The molecule has 0 radical (unpaired) electrons. The molecule has 7 nitrogen and oxygen atoms in total. The minimum atomic E-state index is -0.296. The van der Waals surface area contributed by atoms with E-state index < -0.39 is 0 Å². The van der Waals surface area contributed by atoms with Crippen LogP contribution in [0.15, 0.2) is 18.3 Å². The third kappa shape index (κ3) is 2.89. The zero-order chi connectivity index (χ0) is 15.5. The Morgan fingerprint density at radius 3 is 2.77 bits per heavy atom. The van der Waals surface area contributed by atoms with Crippen LogP contribution in [0.4, 0.5) is 11.4 Å². The van der Waals surface area contributed by atoms with E-state index in [1.165, 1.54) is 6.42 Å². The van der Waals surface area contributed by atoms with Crippen LogP contribution in [0.25, 0.3) is 10.9 Å². The van der Waals surface area contributed by atoms with Crippen molar-refractivity contribution in [1.82, 2.24) is 9.78 Å². The first-order chi connectivity index (χ1) is 10.7. The molecule has 118 valence electrons. The summed E-state index contributed by atoms with van der Waals surface area (Å²) in [6.07, 6.45) is 5.19. The number of fused-ring (bicyclic) bond motifs is 1. The SMILES string of the molecule is COCCn1cc2cc([N+](=O)[O-])c(N3CCCCC3)cc2n1. The molecular weight excluding hydrogens is 284 g/mol. The van der Waals surface area contributed by atoms with Gasteiger partial charge in [0.15, 0.2) is 0 Å². The highest BCUT2D eigenvalue weighted by atomic mass is 16.6. The summed E-state index contributed by atoms with van der Waals surface area (Å²) in [4.78, 5) is 13.2. The summed E-state index contributed by atoms with van der Waals surface area (Å²) in [7, 11) is 1.64. The third-order valence-corrected chi connectivity index (χ3v) is 4.07. The van der Waals surface area contributed by atoms with E-state index in [2.05, 4.69) is 10.00 Å². The molecule has 22 heavy (non-hydrogen) atoms. The van der Waals surface area contributed by atoms with E-state index in [-0.39, 0.29) is 10.6 Å². The fraction of sp³-hybridized carbons (Fsp3) is 0.533. The summed E-state index contributed by atoms with van der Waals surface area (Å²) in [5.74, 6) is 0. The van der Waals surface area contributed by atoms with Gasteiger partial charge in [0.05, 0.1) is 23.6 Å². The van der Waals surface area contributed by atoms with Crippen LogP contribution in [0, 0.1) is 10.1 Å². The number of methoxy groups -OCH3 is 1. The monoisotopic (exact) mass is 304 g/mol. The highest BCUT2D eigenvalue weighted by Crippen LogP contribution is 2.34. The molecule has 0 saturated carbocycles. The Labute approximate surface area is 128 Å². The van der Waals surface area contributed by atoms with Crippen molar-refractivity contribution in [2.75, 3.05) is 31.7 Å². The molecule has 1 aliphatic rings. The first kappa shape index (κ1) is 14.8. The quantitative estimate of drug-likeness (QED) is 0.627. The molecule has 0 amide bonds. The van der Waals surface area contributed by atoms with Gasteiger partial charge in [-0.2, -0.15) is 5.10 Å². The molecule has 2 aromatic rings. The summed E-state index contributed by atoms with van der Waals surface area (Å²) < 4.78 is 6.82. The summed E-state index contributed by atoms with van der Waals surface area (Å²) in [6, 6.07) is 3.48. The Morgan fingerprint density at radius 2 is 2.09 bits per heavy atom. The van der Waals surface area contributed by atoms with E-state index >= 15 is 0 Å². The fourth-order valence-electron chi connectivity index (χ4n) is 2.93. The number of nitro groups is 1. The zero-order valence-corrected chi connectivity index (χ0v) is 12.7. The fourth-order valence-corrected chi connectivity index (χ4v) is 2.93. The summed E-state index contributed by atoms with van der Waals surface area (Å²) >= 11 is 0. The van der Waals surface area contributed by atoms with Gasteiger partial charge in [-0.3, -0.25) is 14.8 Å². The molecule has 7 heteroatoms. The topological polar surface area (TPSA) is 73.4 Å².